The minimum atomic E-state index is -4.64. The van der Waals surface area contributed by atoms with E-state index in [1.807, 2.05) is 6.92 Å². The fourth-order valence-electron chi connectivity index (χ4n) is 2.57. The first-order valence-electron chi connectivity index (χ1n) is 9.20. The van der Waals surface area contributed by atoms with Crippen LogP contribution in [0.25, 0.3) is 0 Å². The standard InChI is InChI=1S/C20H22ClF3N2O4/c1-4-28-16-10-13(11-17(29-5-2)18(16)30-6-3)26-19(27)25-12-7-8-15(21)14(9-12)20(22,23)24/h7-11H,4-6H2,1-3H3,(H2,25,26,27). The van der Waals surface area contributed by atoms with Gasteiger partial charge in [0.25, 0.3) is 0 Å². The highest BCUT2D eigenvalue weighted by Gasteiger charge is 2.33. The molecule has 2 rings (SSSR count). The second kappa shape index (κ2) is 10.3. The van der Waals surface area contributed by atoms with Crippen molar-refractivity contribution >= 4 is 29.0 Å². The van der Waals surface area contributed by atoms with Gasteiger partial charge >= 0.3 is 12.2 Å². The summed E-state index contributed by atoms with van der Waals surface area (Å²) in [6.45, 7) is 6.49. The van der Waals surface area contributed by atoms with Crippen molar-refractivity contribution < 1.29 is 32.2 Å². The maximum atomic E-state index is 13.0. The maximum Gasteiger partial charge on any atom is 0.417 e. The summed E-state index contributed by atoms with van der Waals surface area (Å²) >= 11 is 5.59. The van der Waals surface area contributed by atoms with E-state index in [9.17, 15) is 18.0 Å². The molecule has 0 aliphatic carbocycles. The molecule has 0 unspecified atom stereocenters. The first kappa shape index (κ1) is 23.5. The maximum absolute atomic E-state index is 13.0. The third-order valence-electron chi connectivity index (χ3n) is 3.70. The number of hydrogen-bond acceptors (Lipinski definition) is 4. The van der Waals surface area contributed by atoms with Crippen molar-refractivity contribution in [1.29, 1.82) is 0 Å². The smallest absolute Gasteiger partial charge is 0.417 e. The number of anilines is 2. The zero-order chi connectivity index (χ0) is 22.3. The number of carbonyl (C=O) groups is 1. The lowest BCUT2D eigenvalue weighted by atomic mass is 10.2. The molecular weight excluding hydrogens is 425 g/mol. The molecule has 0 fully saturated rings. The first-order valence-corrected chi connectivity index (χ1v) is 9.58. The number of nitrogens with one attached hydrogen (secondary N) is 2. The number of hydrogen-bond donors (Lipinski definition) is 2. The molecular formula is C20H22ClF3N2O4. The molecule has 2 amide bonds. The third kappa shape index (κ3) is 6.09. The predicted molar refractivity (Wildman–Crippen MR) is 109 cm³/mol. The van der Waals surface area contributed by atoms with Gasteiger partial charge in [-0.1, -0.05) is 11.6 Å². The summed E-state index contributed by atoms with van der Waals surface area (Å²) in [5.41, 5.74) is -0.793. The second-order valence-corrected chi connectivity index (χ2v) is 6.28. The number of urea groups is 1. The van der Waals surface area contributed by atoms with Crippen LogP contribution in [0.1, 0.15) is 26.3 Å². The number of alkyl halides is 3. The lowest BCUT2D eigenvalue weighted by Gasteiger charge is -2.18. The Morgan fingerprint density at radius 2 is 1.43 bits per heavy atom. The SMILES string of the molecule is CCOc1cc(NC(=O)Nc2ccc(Cl)c(C(F)(F)F)c2)cc(OCC)c1OCC. The van der Waals surface area contributed by atoms with Crippen molar-refractivity contribution in [3.8, 4) is 17.2 Å². The molecule has 0 saturated heterocycles. The van der Waals surface area contributed by atoms with E-state index in [-0.39, 0.29) is 5.69 Å². The molecule has 2 N–H and O–H groups in total. The van der Waals surface area contributed by atoms with Gasteiger partial charge in [-0.05, 0) is 39.0 Å². The van der Waals surface area contributed by atoms with Gasteiger partial charge in [-0.3, -0.25) is 0 Å². The van der Waals surface area contributed by atoms with Crippen LogP contribution in [0.4, 0.5) is 29.3 Å². The molecule has 0 saturated carbocycles. The van der Waals surface area contributed by atoms with Gasteiger partial charge in [0, 0.05) is 17.8 Å². The first-order chi connectivity index (χ1) is 14.2. The lowest BCUT2D eigenvalue weighted by molar-refractivity contribution is -0.137. The van der Waals surface area contributed by atoms with E-state index < -0.39 is 22.8 Å². The molecule has 0 bridgehead atoms. The Hall–Kier alpha value is -2.81. The van der Waals surface area contributed by atoms with Crippen molar-refractivity contribution in [2.75, 3.05) is 30.5 Å². The van der Waals surface area contributed by atoms with Crippen molar-refractivity contribution in [2.45, 2.75) is 26.9 Å². The second-order valence-electron chi connectivity index (χ2n) is 5.87. The van der Waals surface area contributed by atoms with Crippen molar-refractivity contribution in [3.63, 3.8) is 0 Å². The quantitative estimate of drug-likeness (QED) is 0.506. The molecule has 0 aliphatic rings. The van der Waals surface area contributed by atoms with Crippen LogP contribution < -0.4 is 24.8 Å². The van der Waals surface area contributed by atoms with Crippen LogP contribution in [-0.4, -0.2) is 25.9 Å². The zero-order valence-corrected chi connectivity index (χ0v) is 17.4. The van der Waals surface area contributed by atoms with E-state index in [1.54, 1.807) is 26.0 Å². The van der Waals surface area contributed by atoms with E-state index in [2.05, 4.69) is 10.6 Å². The highest BCUT2D eigenvalue weighted by molar-refractivity contribution is 6.31. The van der Waals surface area contributed by atoms with E-state index in [4.69, 9.17) is 25.8 Å². The molecule has 0 spiro atoms. The number of rotatable bonds is 8. The molecule has 2 aromatic carbocycles. The number of benzene rings is 2. The molecule has 30 heavy (non-hydrogen) atoms. The Morgan fingerprint density at radius 3 is 1.93 bits per heavy atom. The van der Waals surface area contributed by atoms with Crippen LogP contribution in [0.2, 0.25) is 5.02 Å². The molecule has 0 radical (unpaired) electrons. The van der Waals surface area contributed by atoms with Gasteiger partial charge in [0.15, 0.2) is 11.5 Å². The summed E-state index contributed by atoms with van der Waals surface area (Å²) in [5.74, 6) is 1.14. The van der Waals surface area contributed by atoms with E-state index in [1.165, 1.54) is 6.07 Å². The normalized spacial score (nSPS) is 11.0. The summed E-state index contributed by atoms with van der Waals surface area (Å²) in [5, 5.41) is 4.45. The molecule has 164 valence electrons. The van der Waals surface area contributed by atoms with Crippen LogP contribution in [0, 0.1) is 0 Å². The zero-order valence-electron chi connectivity index (χ0n) is 16.7. The number of carbonyl (C=O) groups excluding carboxylic acids is 1. The molecule has 6 nitrogen and oxygen atoms in total. The molecule has 10 heteroatoms. The van der Waals surface area contributed by atoms with Crippen LogP contribution in [0.15, 0.2) is 30.3 Å². The van der Waals surface area contributed by atoms with Crippen molar-refractivity contribution in [2.24, 2.45) is 0 Å². The molecule has 2 aromatic rings. The topological polar surface area (TPSA) is 68.8 Å². The summed E-state index contributed by atoms with van der Waals surface area (Å²) in [6.07, 6.45) is -4.64. The Kier molecular flexibility index (Phi) is 8.05. The third-order valence-corrected chi connectivity index (χ3v) is 4.03. The van der Waals surface area contributed by atoms with Crippen LogP contribution in [0.3, 0.4) is 0 Å². The fourth-order valence-corrected chi connectivity index (χ4v) is 2.80. The number of amides is 2. The van der Waals surface area contributed by atoms with Gasteiger partial charge in [0.1, 0.15) is 0 Å². The minimum Gasteiger partial charge on any atom is -0.490 e. The van der Waals surface area contributed by atoms with Gasteiger partial charge < -0.3 is 24.8 Å². The molecule has 0 aromatic heterocycles. The number of halogens is 4. The van der Waals surface area contributed by atoms with Gasteiger partial charge in [-0.15, -0.1) is 0 Å². The summed E-state index contributed by atoms with van der Waals surface area (Å²) in [7, 11) is 0. The van der Waals surface area contributed by atoms with Gasteiger partial charge in [0.2, 0.25) is 5.75 Å². The molecule has 0 atom stereocenters. The monoisotopic (exact) mass is 446 g/mol. The summed E-state index contributed by atoms with van der Waals surface area (Å²) in [6, 6.07) is 5.43. The van der Waals surface area contributed by atoms with Crippen LogP contribution >= 0.6 is 11.6 Å². The fraction of sp³-hybridized carbons (Fsp3) is 0.350. The van der Waals surface area contributed by atoms with Gasteiger partial charge in [0.05, 0.1) is 36.1 Å². The Balaban J connectivity index is 2.26. The van der Waals surface area contributed by atoms with Crippen LogP contribution in [-0.2, 0) is 6.18 Å². The van der Waals surface area contributed by atoms with Crippen LogP contribution in [0.5, 0.6) is 17.2 Å². The van der Waals surface area contributed by atoms with Crippen molar-refractivity contribution in [3.05, 3.63) is 40.9 Å². The largest absolute Gasteiger partial charge is 0.490 e. The Morgan fingerprint density at radius 1 is 0.900 bits per heavy atom. The van der Waals surface area contributed by atoms with Gasteiger partial charge in [-0.25, -0.2) is 4.79 Å². The Bertz CT molecular complexity index is 864. The van der Waals surface area contributed by atoms with E-state index in [0.29, 0.717) is 42.8 Å². The van der Waals surface area contributed by atoms with E-state index >= 15 is 0 Å². The minimum absolute atomic E-state index is 0.0646. The lowest BCUT2D eigenvalue weighted by Crippen LogP contribution is -2.20. The summed E-state index contributed by atoms with van der Waals surface area (Å²) in [4.78, 5) is 12.3. The average molecular weight is 447 g/mol. The highest BCUT2D eigenvalue weighted by atomic mass is 35.5. The average Bonchev–Trinajstić information content (AvgIpc) is 2.65. The Labute approximate surface area is 177 Å². The predicted octanol–water partition coefficient (Wildman–Crippen LogP) is 6.20. The van der Waals surface area contributed by atoms with Gasteiger partial charge in [-0.2, -0.15) is 13.2 Å². The number of ether oxygens (including phenoxy) is 3. The molecule has 0 heterocycles. The molecule has 0 aliphatic heterocycles. The highest BCUT2D eigenvalue weighted by Crippen LogP contribution is 2.41. The summed E-state index contributed by atoms with van der Waals surface area (Å²) < 4.78 is 55.7. The van der Waals surface area contributed by atoms with E-state index in [0.717, 1.165) is 12.1 Å². The van der Waals surface area contributed by atoms with Crippen molar-refractivity contribution in [1.82, 2.24) is 0 Å².